The third kappa shape index (κ3) is 4.53. The molecule has 0 spiro atoms. The maximum Gasteiger partial charge on any atom is 0.0541 e. The van der Waals surface area contributed by atoms with Gasteiger partial charge in [0.15, 0.2) is 0 Å². The van der Waals surface area contributed by atoms with Crippen LogP contribution >= 0.6 is 34.7 Å². The lowest BCUT2D eigenvalue weighted by molar-refractivity contribution is 0.579. The fourth-order valence-electron chi connectivity index (χ4n) is 1.80. The summed E-state index contributed by atoms with van der Waals surface area (Å²) in [5.41, 5.74) is 1.37. The molecule has 1 nitrogen and oxygen atoms in total. The van der Waals surface area contributed by atoms with Crippen LogP contribution in [0.4, 0.5) is 0 Å². The number of benzene rings is 1. The fraction of sp³-hybridized carbons (Fsp3) is 0.333. The molecular formula is C15H18ClNS2. The summed E-state index contributed by atoms with van der Waals surface area (Å²) in [6.45, 7) is 3.24. The molecule has 0 saturated heterocycles. The van der Waals surface area contributed by atoms with Crippen molar-refractivity contribution >= 4 is 34.7 Å². The van der Waals surface area contributed by atoms with E-state index in [1.807, 2.05) is 30.0 Å². The molecule has 0 aliphatic heterocycles. The second-order valence-corrected chi connectivity index (χ2v) is 6.55. The average Bonchev–Trinajstić information content (AvgIpc) is 2.94. The van der Waals surface area contributed by atoms with Gasteiger partial charge in [-0.2, -0.15) is 11.3 Å². The summed E-state index contributed by atoms with van der Waals surface area (Å²) in [5, 5.41) is 8.80. The number of halogens is 1. The molecule has 0 bridgehead atoms. The summed E-state index contributed by atoms with van der Waals surface area (Å²) in [6, 6.07) is 10.6. The molecular weight excluding hydrogens is 294 g/mol. The Morgan fingerprint density at radius 2 is 2.16 bits per heavy atom. The zero-order chi connectivity index (χ0) is 13.5. The topological polar surface area (TPSA) is 12.0 Å². The normalized spacial score (nSPS) is 12.5. The van der Waals surface area contributed by atoms with Crippen LogP contribution in [-0.4, -0.2) is 12.3 Å². The molecule has 1 N–H and O–H groups in total. The molecule has 1 atom stereocenters. The predicted molar refractivity (Wildman–Crippen MR) is 87.5 cm³/mol. The van der Waals surface area contributed by atoms with E-state index in [-0.39, 0.29) is 0 Å². The largest absolute Gasteiger partial charge is 0.309 e. The first-order valence-corrected chi connectivity index (χ1v) is 8.74. The molecule has 2 aromatic rings. The van der Waals surface area contributed by atoms with E-state index >= 15 is 0 Å². The highest BCUT2D eigenvalue weighted by Crippen LogP contribution is 2.30. The van der Waals surface area contributed by atoms with Crippen molar-refractivity contribution in [2.45, 2.75) is 24.3 Å². The molecule has 1 aromatic heterocycles. The highest BCUT2D eigenvalue weighted by molar-refractivity contribution is 7.99. The van der Waals surface area contributed by atoms with Crippen molar-refractivity contribution in [2.75, 3.05) is 12.3 Å². The SMILES string of the molecule is CCCNC(CSc1ccccc1Cl)c1ccsc1. The zero-order valence-electron chi connectivity index (χ0n) is 10.9. The van der Waals surface area contributed by atoms with Gasteiger partial charge in [-0.15, -0.1) is 11.8 Å². The quantitative estimate of drug-likeness (QED) is 0.702. The maximum absolute atomic E-state index is 6.20. The van der Waals surface area contributed by atoms with Gasteiger partial charge >= 0.3 is 0 Å². The monoisotopic (exact) mass is 311 g/mol. The Morgan fingerprint density at radius 1 is 1.32 bits per heavy atom. The molecule has 19 heavy (non-hydrogen) atoms. The first-order chi connectivity index (χ1) is 9.31. The number of rotatable bonds is 7. The molecule has 102 valence electrons. The summed E-state index contributed by atoms with van der Waals surface area (Å²) in [7, 11) is 0. The molecule has 1 aromatic carbocycles. The lowest BCUT2D eigenvalue weighted by atomic mass is 10.2. The highest BCUT2D eigenvalue weighted by atomic mass is 35.5. The van der Waals surface area contributed by atoms with Crippen LogP contribution in [0.15, 0.2) is 46.0 Å². The van der Waals surface area contributed by atoms with Gasteiger partial charge in [0.05, 0.1) is 5.02 Å². The Balaban J connectivity index is 1.99. The van der Waals surface area contributed by atoms with E-state index in [4.69, 9.17) is 11.6 Å². The molecule has 0 amide bonds. The standard InChI is InChI=1S/C15H18ClNS2/c1-2-8-17-14(12-7-9-18-10-12)11-19-15-6-4-3-5-13(15)16/h3-7,9-10,14,17H,2,8,11H2,1H3. The number of nitrogens with one attached hydrogen (secondary N) is 1. The van der Waals surface area contributed by atoms with Crippen molar-refractivity contribution in [2.24, 2.45) is 0 Å². The Labute approximate surface area is 128 Å². The summed E-state index contributed by atoms with van der Waals surface area (Å²) in [4.78, 5) is 1.16. The second-order valence-electron chi connectivity index (χ2n) is 4.30. The Kier molecular flexibility index (Phi) is 6.24. The van der Waals surface area contributed by atoms with E-state index < -0.39 is 0 Å². The molecule has 0 aliphatic rings. The molecule has 0 fully saturated rings. The fourth-order valence-corrected chi connectivity index (χ4v) is 3.85. The van der Waals surface area contributed by atoms with E-state index in [9.17, 15) is 0 Å². The van der Waals surface area contributed by atoms with Gasteiger partial charge in [0.25, 0.3) is 0 Å². The van der Waals surface area contributed by atoms with Crippen molar-refractivity contribution in [3.63, 3.8) is 0 Å². The maximum atomic E-state index is 6.20. The highest BCUT2D eigenvalue weighted by Gasteiger charge is 2.12. The molecule has 1 heterocycles. The van der Waals surface area contributed by atoms with E-state index in [1.54, 1.807) is 11.3 Å². The van der Waals surface area contributed by atoms with Crippen molar-refractivity contribution in [3.8, 4) is 0 Å². The van der Waals surface area contributed by atoms with Crippen LogP contribution in [0.5, 0.6) is 0 Å². The lowest BCUT2D eigenvalue weighted by Crippen LogP contribution is -2.23. The van der Waals surface area contributed by atoms with Crippen LogP contribution in [0.25, 0.3) is 0 Å². The Hall–Kier alpha value is -0.480. The average molecular weight is 312 g/mol. The molecule has 4 heteroatoms. The van der Waals surface area contributed by atoms with E-state index in [0.29, 0.717) is 6.04 Å². The summed E-state index contributed by atoms with van der Waals surface area (Å²) >= 11 is 9.76. The van der Waals surface area contributed by atoms with Crippen LogP contribution in [-0.2, 0) is 0 Å². The first kappa shape index (κ1) is 14.9. The second kappa shape index (κ2) is 7.95. The first-order valence-electron chi connectivity index (χ1n) is 6.44. The van der Waals surface area contributed by atoms with Crippen LogP contribution in [0, 0.1) is 0 Å². The van der Waals surface area contributed by atoms with Gasteiger partial charge in [0.2, 0.25) is 0 Å². The van der Waals surface area contributed by atoms with Gasteiger partial charge in [0.1, 0.15) is 0 Å². The molecule has 0 aliphatic carbocycles. The number of hydrogen-bond donors (Lipinski definition) is 1. The minimum atomic E-state index is 0.396. The number of thioether (sulfide) groups is 1. The number of thiophene rings is 1. The third-order valence-electron chi connectivity index (χ3n) is 2.83. The van der Waals surface area contributed by atoms with Gasteiger partial charge < -0.3 is 5.32 Å². The van der Waals surface area contributed by atoms with Gasteiger partial charge in [-0.3, -0.25) is 0 Å². The lowest BCUT2D eigenvalue weighted by Gasteiger charge is -2.17. The van der Waals surface area contributed by atoms with Gasteiger partial charge in [-0.1, -0.05) is 30.7 Å². The van der Waals surface area contributed by atoms with Crippen LogP contribution < -0.4 is 5.32 Å². The molecule has 2 rings (SSSR count). The summed E-state index contributed by atoms with van der Waals surface area (Å²) in [5.74, 6) is 1.00. The van der Waals surface area contributed by atoms with E-state index in [1.165, 1.54) is 5.56 Å². The molecule has 1 unspecified atom stereocenters. The minimum absolute atomic E-state index is 0.396. The van der Waals surface area contributed by atoms with Crippen LogP contribution in [0.2, 0.25) is 5.02 Å². The smallest absolute Gasteiger partial charge is 0.0541 e. The summed E-state index contributed by atoms with van der Waals surface area (Å²) in [6.07, 6.45) is 1.15. The van der Waals surface area contributed by atoms with Crippen molar-refractivity contribution in [1.82, 2.24) is 5.32 Å². The predicted octanol–water partition coefficient (Wildman–Crippen LogP) is 5.23. The van der Waals surface area contributed by atoms with Gasteiger partial charge in [-0.05, 0) is 47.5 Å². The third-order valence-corrected chi connectivity index (χ3v) is 5.14. The van der Waals surface area contributed by atoms with Crippen molar-refractivity contribution in [3.05, 3.63) is 51.7 Å². The van der Waals surface area contributed by atoms with E-state index in [0.717, 1.165) is 28.6 Å². The summed E-state index contributed by atoms with van der Waals surface area (Å²) < 4.78 is 0. The van der Waals surface area contributed by atoms with Crippen LogP contribution in [0.3, 0.4) is 0 Å². The Morgan fingerprint density at radius 3 is 2.84 bits per heavy atom. The van der Waals surface area contributed by atoms with Crippen molar-refractivity contribution in [1.29, 1.82) is 0 Å². The van der Waals surface area contributed by atoms with Gasteiger partial charge in [-0.25, -0.2) is 0 Å². The minimum Gasteiger partial charge on any atom is -0.309 e. The van der Waals surface area contributed by atoms with E-state index in [2.05, 4.69) is 35.1 Å². The zero-order valence-corrected chi connectivity index (χ0v) is 13.3. The van der Waals surface area contributed by atoms with Gasteiger partial charge in [0, 0.05) is 16.7 Å². The molecule has 0 radical (unpaired) electrons. The molecule has 0 saturated carbocycles. The van der Waals surface area contributed by atoms with Crippen molar-refractivity contribution < 1.29 is 0 Å². The Bertz CT molecular complexity index is 485. The van der Waals surface area contributed by atoms with Crippen LogP contribution in [0.1, 0.15) is 24.9 Å². The number of hydrogen-bond acceptors (Lipinski definition) is 3.